The van der Waals surface area contributed by atoms with E-state index in [-0.39, 0.29) is 12.7 Å². The highest BCUT2D eigenvalue weighted by molar-refractivity contribution is 5.58. The molecule has 0 radical (unpaired) electrons. The van der Waals surface area contributed by atoms with Gasteiger partial charge in [0.05, 0.1) is 28.4 Å². The van der Waals surface area contributed by atoms with Gasteiger partial charge in [-0.3, -0.25) is 0 Å². The molecule has 0 saturated carbocycles. The Hall–Kier alpha value is -2.76. The summed E-state index contributed by atoms with van der Waals surface area (Å²) in [7, 11) is 6.44. The van der Waals surface area contributed by atoms with E-state index in [0.29, 0.717) is 23.0 Å². The van der Waals surface area contributed by atoms with E-state index < -0.39 is 0 Å². The van der Waals surface area contributed by atoms with Crippen molar-refractivity contribution in [3.63, 3.8) is 0 Å². The molecular weight excluding hydrogens is 324 g/mol. The van der Waals surface area contributed by atoms with Crippen LogP contribution in [-0.2, 0) is 0 Å². The molecule has 134 valence electrons. The van der Waals surface area contributed by atoms with E-state index in [1.54, 1.807) is 28.4 Å². The fourth-order valence-corrected chi connectivity index (χ4v) is 2.99. The predicted molar refractivity (Wildman–Crippen MR) is 92.7 cm³/mol. The Morgan fingerprint density at radius 3 is 1.84 bits per heavy atom. The Morgan fingerprint density at radius 2 is 1.32 bits per heavy atom. The number of benzene rings is 2. The third-order valence-corrected chi connectivity index (χ3v) is 4.38. The van der Waals surface area contributed by atoms with Gasteiger partial charge in [-0.25, -0.2) is 0 Å². The highest BCUT2D eigenvalue weighted by atomic mass is 16.7. The van der Waals surface area contributed by atoms with Crippen molar-refractivity contribution in [2.24, 2.45) is 0 Å². The van der Waals surface area contributed by atoms with Gasteiger partial charge in [0, 0.05) is 17.5 Å². The van der Waals surface area contributed by atoms with Gasteiger partial charge < -0.3 is 28.4 Å². The van der Waals surface area contributed by atoms with Gasteiger partial charge >= 0.3 is 0 Å². The van der Waals surface area contributed by atoms with Crippen molar-refractivity contribution in [3.8, 4) is 34.5 Å². The van der Waals surface area contributed by atoms with Crippen LogP contribution in [-0.4, -0.2) is 35.2 Å². The molecule has 0 aliphatic carbocycles. The molecule has 6 nitrogen and oxygen atoms in total. The Morgan fingerprint density at radius 1 is 0.760 bits per heavy atom. The first-order valence-corrected chi connectivity index (χ1v) is 7.90. The van der Waals surface area contributed by atoms with Gasteiger partial charge in [-0.2, -0.15) is 0 Å². The lowest BCUT2D eigenvalue weighted by molar-refractivity contribution is 0.174. The molecule has 0 fully saturated rings. The summed E-state index contributed by atoms with van der Waals surface area (Å²) in [5.74, 6) is 3.96. The molecule has 0 bridgehead atoms. The SMILES string of the molecule is COc1cc2c(cc1C(C)c1cc(OC)c(OC)c(OC)c1)OCO2. The molecule has 1 heterocycles. The summed E-state index contributed by atoms with van der Waals surface area (Å²) in [5, 5.41) is 0. The number of fused-ring (bicyclic) bond motifs is 1. The average Bonchev–Trinajstić information content (AvgIpc) is 3.12. The topological polar surface area (TPSA) is 55.4 Å². The molecule has 1 unspecified atom stereocenters. The van der Waals surface area contributed by atoms with Gasteiger partial charge in [0.25, 0.3) is 0 Å². The van der Waals surface area contributed by atoms with Crippen LogP contribution in [0, 0.1) is 0 Å². The summed E-state index contributed by atoms with van der Waals surface area (Å²) in [6.07, 6.45) is 0. The normalized spacial score (nSPS) is 13.3. The zero-order chi connectivity index (χ0) is 18.0. The first-order chi connectivity index (χ1) is 12.1. The van der Waals surface area contributed by atoms with Crippen LogP contribution in [0.1, 0.15) is 24.0 Å². The zero-order valence-electron chi connectivity index (χ0n) is 15.0. The van der Waals surface area contributed by atoms with E-state index in [1.807, 2.05) is 24.3 Å². The second-order valence-electron chi connectivity index (χ2n) is 5.63. The highest BCUT2D eigenvalue weighted by Gasteiger charge is 2.23. The molecule has 1 atom stereocenters. The summed E-state index contributed by atoms with van der Waals surface area (Å²) >= 11 is 0. The van der Waals surface area contributed by atoms with E-state index in [0.717, 1.165) is 22.6 Å². The number of rotatable bonds is 6. The van der Waals surface area contributed by atoms with Crippen molar-refractivity contribution >= 4 is 0 Å². The molecule has 1 aliphatic rings. The van der Waals surface area contributed by atoms with Gasteiger partial charge in [0.15, 0.2) is 23.0 Å². The fourth-order valence-electron chi connectivity index (χ4n) is 2.99. The minimum atomic E-state index is 0.0122. The molecule has 25 heavy (non-hydrogen) atoms. The van der Waals surface area contributed by atoms with Gasteiger partial charge in [0.2, 0.25) is 12.5 Å². The molecule has 0 spiro atoms. The molecule has 0 amide bonds. The van der Waals surface area contributed by atoms with Crippen molar-refractivity contribution in [1.29, 1.82) is 0 Å². The van der Waals surface area contributed by atoms with Crippen LogP contribution >= 0.6 is 0 Å². The number of hydrogen-bond donors (Lipinski definition) is 0. The quantitative estimate of drug-likeness (QED) is 0.797. The maximum Gasteiger partial charge on any atom is 0.231 e. The van der Waals surface area contributed by atoms with E-state index in [9.17, 15) is 0 Å². The smallest absolute Gasteiger partial charge is 0.231 e. The van der Waals surface area contributed by atoms with Gasteiger partial charge in [-0.15, -0.1) is 0 Å². The van der Waals surface area contributed by atoms with E-state index in [4.69, 9.17) is 28.4 Å². The minimum Gasteiger partial charge on any atom is -0.496 e. The summed E-state index contributed by atoms with van der Waals surface area (Å²) in [4.78, 5) is 0. The molecule has 3 rings (SSSR count). The van der Waals surface area contributed by atoms with Crippen molar-refractivity contribution in [1.82, 2.24) is 0 Å². The van der Waals surface area contributed by atoms with Gasteiger partial charge in [-0.1, -0.05) is 6.92 Å². The van der Waals surface area contributed by atoms with Gasteiger partial charge in [-0.05, 0) is 23.8 Å². The summed E-state index contributed by atoms with van der Waals surface area (Å²) in [6, 6.07) is 7.69. The van der Waals surface area contributed by atoms with Crippen molar-refractivity contribution in [2.45, 2.75) is 12.8 Å². The summed E-state index contributed by atoms with van der Waals surface area (Å²) < 4.78 is 32.8. The monoisotopic (exact) mass is 346 g/mol. The molecule has 2 aromatic carbocycles. The third-order valence-electron chi connectivity index (χ3n) is 4.38. The lowest BCUT2D eigenvalue weighted by Gasteiger charge is -2.20. The van der Waals surface area contributed by atoms with Crippen LogP contribution < -0.4 is 28.4 Å². The standard InChI is InChI=1S/C19H22O6/c1-11(12-6-17(21-3)19(23-5)18(7-12)22-4)13-8-15-16(25-10-24-15)9-14(13)20-2/h6-9,11H,10H2,1-5H3. The third kappa shape index (κ3) is 2.99. The molecule has 0 N–H and O–H groups in total. The van der Waals surface area contributed by atoms with Crippen molar-refractivity contribution in [2.75, 3.05) is 35.2 Å². The molecular formula is C19H22O6. The first-order valence-electron chi connectivity index (χ1n) is 7.90. The summed E-state index contributed by atoms with van der Waals surface area (Å²) in [6.45, 7) is 2.31. The molecule has 2 aromatic rings. The van der Waals surface area contributed by atoms with E-state index in [2.05, 4.69) is 6.92 Å². The largest absolute Gasteiger partial charge is 0.496 e. The Kier molecular flexibility index (Phi) is 4.79. The van der Waals surface area contributed by atoms with Crippen LogP contribution in [0.4, 0.5) is 0 Å². The Bertz CT molecular complexity index is 746. The van der Waals surface area contributed by atoms with Crippen LogP contribution in [0.5, 0.6) is 34.5 Å². The maximum atomic E-state index is 5.55. The predicted octanol–water partition coefficient (Wildman–Crippen LogP) is 3.60. The average molecular weight is 346 g/mol. The summed E-state index contributed by atoms with van der Waals surface area (Å²) in [5.41, 5.74) is 1.99. The molecule has 0 saturated heterocycles. The molecule has 0 aromatic heterocycles. The van der Waals surface area contributed by atoms with E-state index >= 15 is 0 Å². The number of ether oxygens (including phenoxy) is 6. The zero-order valence-corrected chi connectivity index (χ0v) is 15.0. The Balaban J connectivity index is 2.08. The lowest BCUT2D eigenvalue weighted by Crippen LogP contribution is -2.03. The van der Waals surface area contributed by atoms with Crippen molar-refractivity contribution in [3.05, 3.63) is 35.4 Å². The highest BCUT2D eigenvalue weighted by Crippen LogP contribution is 2.45. The van der Waals surface area contributed by atoms with Crippen LogP contribution in [0.2, 0.25) is 0 Å². The second kappa shape index (κ2) is 7.01. The lowest BCUT2D eigenvalue weighted by atomic mass is 9.91. The van der Waals surface area contributed by atoms with Crippen LogP contribution in [0.25, 0.3) is 0 Å². The number of hydrogen-bond acceptors (Lipinski definition) is 6. The van der Waals surface area contributed by atoms with E-state index in [1.165, 1.54) is 0 Å². The number of methoxy groups -OCH3 is 4. The van der Waals surface area contributed by atoms with Gasteiger partial charge in [0.1, 0.15) is 5.75 Å². The maximum absolute atomic E-state index is 5.55. The second-order valence-corrected chi connectivity index (χ2v) is 5.63. The minimum absolute atomic E-state index is 0.0122. The fraction of sp³-hybridized carbons (Fsp3) is 0.368. The van der Waals surface area contributed by atoms with Crippen LogP contribution in [0.15, 0.2) is 24.3 Å². The van der Waals surface area contributed by atoms with Crippen LogP contribution in [0.3, 0.4) is 0 Å². The molecule has 6 heteroatoms. The molecule has 1 aliphatic heterocycles. The van der Waals surface area contributed by atoms with Crippen molar-refractivity contribution < 1.29 is 28.4 Å². The first kappa shape index (κ1) is 17.1. The Labute approximate surface area is 147 Å².